The predicted molar refractivity (Wildman–Crippen MR) is 174 cm³/mol. The molecule has 0 amide bonds. The Hall–Kier alpha value is -0.834. The van der Waals surface area contributed by atoms with Gasteiger partial charge in [0.1, 0.15) is 0 Å². The van der Waals surface area contributed by atoms with E-state index in [-0.39, 0.29) is 17.1 Å². The van der Waals surface area contributed by atoms with Gasteiger partial charge in [-0.2, -0.15) is 0 Å². The average molecular weight is 662 g/mol. The summed E-state index contributed by atoms with van der Waals surface area (Å²) in [5.74, 6) is 1.11. The molecule has 0 spiro atoms. The first-order chi connectivity index (χ1) is 16.5. The van der Waals surface area contributed by atoms with Crippen LogP contribution in [0.15, 0.2) is 41.4 Å². The van der Waals surface area contributed by atoms with Crippen LogP contribution in [-0.4, -0.2) is 75.5 Å². The Kier molecular flexibility index (Phi) is 12.5. The molecular formula is C29H50GeN4SeSi2-. The summed E-state index contributed by atoms with van der Waals surface area (Å²) in [5.41, 5.74) is 7.56. The molecule has 8 heteroatoms. The molecule has 0 saturated heterocycles. The Balaban J connectivity index is 0.00000684. The fourth-order valence-electron chi connectivity index (χ4n) is 5.12. The van der Waals surface area contributed by atoms with E-state index in [1.807, 2.05) is 0 Å². The van der Waals surface area contributed by atoms with E-state index in [4.69, 9.17) is 4.99 Å². The molecule has 0 aliphatic heterocycles. The molecule has 0 aliphatic carbocycles. The Bertz CT molecular complexity index is 1010. The zero-order valence-corrected chi connectivity index (χ0v) is 31.6. The first-order valence-corrected chi connectivity index (χ1v) is 22.1. The number of benzene rings is 2. The number of rotatable bonds is 8. The fraction of sp³-hybridized carbons (Fsp3) is 0.552. The summed E-state index contributed by atoms with van der Waals surface area (Å²) in [4.78, 5) is 8.12. The number of para-hydroxylation sites is 2. The normalized spacial score (nSPS) is 12.8. The van der Waals surface area contributed by atoms with Crippen LogP contribution in [0.4, 0.5) is 11.4 Å². The first kappa shape index (κ1) is 34.2. The van der Waals surface area contributed by atoms with Gasteiger partial charge in [0.2, 0.25) is 0 Å². The van der Waals surface area contributed by atoms with E-state index < -0.39 is 32.3 Å². The van der Waals surface area contributed by atoms with Crippen molar-refractivity contribution in [3.8, 4) is 0 Å². The van der Waals surface area contributed by atoms with Crippen molar-refractivity contribution >= 4 is 66.8 Å². The van der Waals surface area contributed by atoms with Gasteiger partial charge in [-0.05, 0) is 0 Å². The summed E-state index contributed by atoms with van der Waals surface area (Å²) in [6.45, 7) is 33.2. The van der Waals surface area contributed by atoms with Crippen molar-refractivity contribution in [1.82, 2.24) is 8.09 Å². The molecule has 0 aromatic heterocycles. The number of nitrogens with zero attached hydrogens (tertiary/aromatic N) is 4. The van der Waals surface area contributed by atoms with Crippen LogP contribution in [-0.2, 0) is 0 Å². The van der Waals surface area contributed by atoms with Gasteiger partial charge in [0.25, 0.3) is 0 Å². The maximum Gasteiger partial charge on any atom is -1.00 e. The Morgan fingerprint density at radius 1 is 0.703 bits per heavy atom. The van der Waals surface area contributed by atoms with Gasteiger partial charge in [-0.25, -0.2) is 0 Å². The van der Waals surface area contributed by atoms with E-state index in [0.717, 1.165) is 11.6 Å². The van der Waals surface area contributed by atoms with Gasteiger partial charge in [-0.15, -0.1) is 0 Å². The van der Waals surface area contributed by atoms with Gasteiger partial charge in [0, 0.05) is 0 Å². The van der Waals surface area contributed by atoms with Gasteiger partial charge in [-0.3, -0.25) is 0 Å². The van der Waals surface area contributed by atoms with Gasteiger partial charge in [-0.1, -0.05) is 0 Å². The molecule has 0 bridgehead atoms. The SMILES string of the molecule is Cc1cccc(C)c1N=C([N]([Ge][N]([Si](C)(C)C)[Si](C)(C)C)c1c(C)cccc1C)N(C(C)C)C(C)C.[Se-]. The number of guanidine groups is 1. The van der Waals surface area contributed by atoms with E-state index in [1.54, 1.807) is 0 Å². The zero-order valence-electron chi connectivity index (χ0n) is 25.8. The van der Waals surface area contributed by atoms with Crippen LogP contribution in [0.25, 0.3) is 0 Å². The molecule has 2 rings (SSSR count). The van der Waals surface area contributed by atoms with Crippen molar-refractivity contribution in [2.75, 3.05) is 3.86 Å². The van der Waals surface area contributed by atoms with E-state index in [1.165, 1.54) is 27.9 Å². The summed E-state index contributed by atoms with van der Waals surface area (Å²) in [5, 5.41) is 0. The largest absolute Gasteiger partial charge is 1.00 e. The minimum Gasteiger partial charge on any atom is -1.00 e. The Morgan fingerprint density at radius 3 is 1.43 bits per heavy atom. The smallest absolute Gasteiger partial charge is 1.00 e. The van der Waals surface area contributed by atoms with Crippen molar-refractivity contribution < 1.29 is 0 Å². The van der Waals surface area contributed by atoms with Gasteiger partial charge < -0.3 is 17.1 Å². The molecule has 0 unspecified atom stereocenters. The van der Waals surface area contributed by atoms with Crippen LogP contribution in [0.2, 0.25) is 39.3 Å². The number of hydrogen-bond donors (Lipinski definition) is 0. The Morgan fingerprint density at radius 2 is 1.08 bits per heavy atom. The summed E-state index contributed by atoms with van der Waals surface area (Å²) < 4.78 is 5.66. The van der Waals surface area contributed by atoms with Crippen molar-refractivity contribution in [1.29, 1.82) is 0 Å². The number of anilines is 1. The van der Waals surface area contributed by atoms with Crippen LogP contribution >= 0.6 is 0 Å². The molecule has 0 saturated carbocycles. The van der Waals surface area contributed by atoms with Crippen LogP contribution in [0.1, 0.15) is 49.9 Å². The molecule has 0 N–H and O–H groups in total. The zero-order chi connectivity index (χ0) is 27.6. The van der Waals surface area contributed by atoms with Crippen LogP contribution < -0.4 is 3.86 Å². The molecule has 4 nitrogen and oxygen atoms in total. The molecule has 205 valence electrons. The average Bonchev–Trinajstić information content (AvgIpc) is 2.69. The second kappa shape index (κ2) is 13.5. The molecule has 3 radical (unpaired) electrons. The van der Waals surface area contributed by atoms with Gasteiger partial charge >= 0.3 is 232 Å². The third-order valence-electron chi connectivity index (χ3n) is 6.40. The van der Waals surface area contributed by atoms with Crippen molar-refractivity contribution in [3.63, 3.8) is 0 Å². The molecule has 2 aromatic rings. The second-order valence-corrected chi connectivity index (χ2v) is 26.8. The molecule has 0 fully saturated rings. The minimum absolute atomic E-state index is 0. The maximum absolute atomic E-state index is 5.58. The van der Waals surface area contributed by atoms with Crippen LogP contribution in [0.5, 0.6) is 0 Å². The molecule has 37 heavy (non-hydrogen) atoms. The Labute approximate surface area is 247 Å². The molecule has 0 heterocycles. The van der Waals surface area contributed by atoms with Crippen molar-refractivity contribution in [2.45, 2.75) is 107 Å². The summed E-state index contributed by atoms with van der Waals surface area (Å²) >= 11 is -0.713. The van der Waals surface area contributed by atoms with Crippen LogP contribution in [0.3, 0.4) is 0 Å². The van der Waals surface area contributed by atoms with Crippen molar-refractivity contribution in [2.24, 2.45) is 4.99 Å². The van der Waals surface area contributed by atoms with E-state index in [9.17, 15) is 0 Å². The molecular weight excluding hydrogens is 612 g/mol. The quantitative estimate of drug-likeness (QED) is 0.165. The van der Waals surface area contributed by atoms with Crippen molar-refractivity contribution in [3.05, 3.63) is 58.7 Å². The van der Waals surface area contributed by atoms with E-state index >= 15 is 0 Å². The summed E-state index contributed by atoms with van der Waals surface area (Å²) in [7, 11) is -3.13. The summed E-state index contributed by atoms with van der Waals surface area (Å²) in [6, 6.07) is 13.9. The fourth-order valence-corrected chi connectivity index (χ4v) is 20.5. The summed E-state index contributed by atoms with van der Waals surface area (Å²) in [6.07, 6.45) is 0. The predicted octanol–water partition coefficient (Wildman–Crippen LogP) is 7.66. The first-order valence-electron chi connectivity index (χ1n) is 13.3. The minimum atomic E-state index is -1.57. The third kappa shape index (κ3) is 8.57. The second-order valence-electron chi connectivity index (χ2n) is 12.6. The monoisotopic (exact) mass is 664 g/mol. The molecule has 0 aliphatic rings. The van der Waals surface area contributed by atoms with E-state index in [2.05, 4.69) is 143 Å². The number of aryl methyl sites for hydroxylation is 4. The van der Waals surface area contributed by atoms with Crippen LogP contribution in [0, 0.1) is 27.7 Å². The standard InChI is InChI=1S/C29H50GeN4Si2.Se/c1-21(2)32(22(3)4)29(31-27-23(5)17-15-18-24(27)6)33(28-25(7)19-16-20-26(28)8)30-34(35(9,10)11)36(12,13)14;/h15-22H,1-14H3;/q;-1. The van der Waals surface area contributed by atoms with Gasteiger partial charge in [0.15, 0.2) is 0 Å². The topological polar surface area (TPSA) is 22.1 Å². The number of hydrogen-bond acceptors (Lipinski definition) is 2. The maximum atomic E-state index is 5.58. The molecule has 2 aromatic carbocycles. The number of aliphatic imine (C=N–C) groups is 1. The molecule has 0 atom stereocenters. The third-order valence-corrected chi connectivity index (χ3v) is 24.3. The van der Waals surface area contributed by atoms with Gasteiger partial charge in [0.05, 0.1) is 0 Å². The van der Waals surface area contributed by atoms with E-state index in [0.29, 0.717) is 12.1 Å².